The summed E-state index contributed by atoms with van der Waals surface area (Å²) in [5, 5.41) is 3.93. The average molecular weight is 395 g/mol. The van der Waals surface area contributed by atoms with Gasteiger partial charge in [0.1, 0.15) is 27.9 Å². The first kappa shape index (κ1) is 18.3. The standard InChI is InChI=1S/C21H22N4O2S/c22-19(23-14-6-4-5-7-14)18-20(26)25-28-21(18)24-15-10-12-17(13-11-15)27-16-8-2-1-3-9-16/h1-3,8-14,24H,4-7H2,(H2,22,23)(H,25,26). The van der Waals surface area contributed by atoms with E-state index < -0.39 is 0 Å². The molecule has 0 unspecified atom stereocenters. The summed E-state index contributed by atoms with van der Waals surface area (Å²) in [7, 11) is 0. The van der Waals surface area contributed by atoms with Gasteiger partial charge in [-0.3, -0.25) is 14.2 Å². The molecular weight excluding hydrogens is 372 g/mol. The SMILES string of the molecule is NC(=NC1CCCC1)c1c(Nc2ccc(Oc3ccccc3)cc2)s[nH]c1=O. The Labute approximate surface area is 167 Å². The molecule has 1 saturated carbocycles. The van der Waals surface area contributed by atoms with E-state index in [9.17, 15) is 4.79 Å². The number of hydrogen-bond acceptors (Lipinski definition) is 5. The normalized spacial score (nSPS) is 14.9. The van der Waals surface area contributed by atoms with Gasteiger partial charge in [-0.05, 0) is 60.8 Å². The molecule has 1 aromatic heterocycles. The van der Waals surface area contributed by atoms with E-state index in [1.54, 1.807) is 0 Å². The second kappa shape index (κ2) is 8.31. The van der Waals surface area contributed by atoms with Gasteiger partial charge >= 0.3 is 0 Å². The molecule has 1 aliphatic carbocycles. The van der Waals surface area contributed by atoms with Crippen molar-refractivity contribution in [2.24, 2.45) is 10.7 Å². The van der Waals surface area contributed by atoms with Crippen LogP contribution in [-0.4, -0.2) is 16.3 Å². The third kappa shape index (κ3) is 4.26. The topological polar surface area (TPSA) is 92.5 Å². The molecule has 0 radical (unpaired) electrons. The molecule has 1 fully saturated rings. The first-order valence-electron chi connectivity index (χ1n) is 9.34. The maximum Gasteiger partial charge on any atom is 0.271 e. The van der Waals surface area contributed by atoms with E-state index in [0.29, 0.717) is 16.4 Å². The molecule has 144 valence electrons. The number of hydrogen-bond donors (Lipinski definition) is 3. The minimum Gasteiger partial charge on any atom is -0.457 e. The van der Waals surface area contributed by atoms with Crippen LogP contribution >= 0.6 is 11.5 Å². The summed E-state index contributed by atoms with van der Waals surface area (Å²) >= 11 is 1.22. The minimum absolute atomic E-state index is 0.212. The van der Waals surface area contributed by atoms with E-state index in [4.69, 9.17) is 10.5 Å². The molecule has 0 spiro atoms. The predicted octanol–water partition coefficient (Wildman–Crippen LogP) is 4.62. The molecule has 2 aromatic carbocycles. The van der Waals surface area contributed by atoms with Gasteiger partial charge in [0, 0.05) is 5.69 Å². The minimum atomic E-state index is -0.212. The Hall–Kier alpha value is -3.06. The fraction of sp³-hybridized carbons (Fsp3) is 0.238. The number of aliphatic imine (C=N–C) groups is 1. The van der Waals surface area contributed by atoms with Crippen LogP contribution < -0.4 is 21.3 Å². The van der Waals surface area contributed by atoms with Gasteiger partial charge in [0.25, 0.3) is 5.56 Å². The first-order chi connectivity index (χ1) is 13.7. The third-order valence-electron chi connectivity index (χ3n) is 4.69. The van der Waals surface area contributed by atoms with Gasteiger partial charge in [0.05, 0.1) is 6.04 Å². The van der Waals surface area contributed by atoms with Crippen molar-refractivity contribution in [3.05, 3.63) is 70.5 Å². The largest absolute Gasteiger partial charge is 0.457 e. The highest BCUT2D eigenvalue weighted by Crippen LogP contribution is 2.27. The number of H-pyrrole nitrogens is 1. The molecule has 6 nitrogen and oxygen atoms in total. The van der Waals surface area contributed by atoms with E-state index in [2.05, 4.69) is 14.7 Å². The van der Waals surface area contributed by atoms with Gasteiger partial charge in [0.2, 0.25) is 0 Å². The molecule has 28 heavy (non-hydrogen) atoms. The lowest BCUT2D eigenvalue weighted by molar-refractivity contribution is 0.483. The average Bonchev–Trinajstić information content (AvgIpc) is 3.34. The zero-order valence-corrected chi connectivity index (χ0v) is 16.2. The fourth-order valence-corrected chi connectivity index (χ4v) is 4.04. The highest BCUT2D eigenvalue weighted by Gasteiger charge is 2.19. The number of ether oxygens (including phenoxy) is 1. The highest BCUT2D eigenvalue weighted by molar-refractivity contribution is 7.10. The van der Waals surface area contributed by atoms with Gasteiger partial charge in [-0.25, -0.2) is 0 Å². The number of nitrogens with two attached hydrogens (primary N) is 1. The molecular formula is C21H22N4O2S. The van der Waals surface area contributed by atoms with Crippen molar-refractivity contribution < 1.29 is 4.74 Å². The van der Waals surface area contributed by atoms with Gasteiger partial charge < -0.3 is 15.8 Å². The molecule has 4 rings (SSSR count). The second-order valence-corrected chi connectivity index (χ2v) is 7.57. The molecule has 1 heterocycles. The molecule has 0 atom stereocenters. The molecule has 1 aliphatic rings. The van der Waals surface area contributed by atoms with Gasteiger partial charge in [-0.15, -0.1) is 0 Å². The number of benzene rings is 2. The van der Waals surface area contributed by atoms with Crippen molar-refractivity contribution in [3.8, 4) is 11.5 Å². The van der Waals surface area contributed by atoms with Gasteiger partial charge in [-0.2, -0.15) is 0 Å². The monoisotopic (exact) mass is 394 g/mol. The summed E-state index contributed by atoms with van der Waals surface area (Å²) in [6.45, 7) is 0. The number of para-hydroxylation sites is 1. The van der Waals surface area contributed by atoms with Crippen molar-refractivity contribution in [3.63, 3.8) is 0 Å². The Balaban J connectivity index is 1.49. The number of aromatic amines is 1. The summed E-state index contributed by atoms with van der Waals surface area (Å²) in [5.41, 5.74) is 7.21. The van der Waals surface area contributed by atoms with Crippen LogP contribution in [-0.2, 0) is 0 Å². The van der Waals surface area contributed by atoms with Crippen molar-refractivity contribution in [2.75, 3.05) is 5.32 Å². The highest BCUT2D eigenvalue weighted by atomic mass is 32.1. The number of rotatable bonds is 6. The number of nitrogens with zero attached hydrogens (tertiary/aromatic N) is 1. The van der Waals surface area contributed by atoms with Gasteiger partial charge in [0.15, 0.2) is 0 Å². The Bertz CT molecular complexity index is 1000. The molecule has 0 bridgehead atoms. The third-order valence-corrected chi connectivity index (χ3v) is 5.49. The lowest BCUT2D eigenvalue weighted by Crippen LogP contribution is -2.24. The Morgan fingerprint density at radius 1 is 1.07 bits per heavy atom. The summed E-state index contributed by atoms with van der Waals surface area (Å²) in [6.07, 6.45) is 4.41. The zero-order valence-electron chi connectivity index (χ0n) is 15.4. The van der Waals surface area contributed by atoms with E-state index in [1.807, 2.05) is 54.6 Å². The first-order valence-corrected chi connectivity index (χ1v) is 10.2. The quantitative estimate of drug-likeness (QED) is 0.420. The van der Waals surface area contributed by atoms with Crippen LogP contribution in [0.4, 0.5) is 10.7 Å². The van der Waals surface area contributed by atoms with Crippen molar-refractivity contribution in [2.45, 2.75) is 31.7 Å². The van der Waals surface area contributed by atoms with Crippen LogP contribution in [0, 0.1) is 0 Å². The summed E-state index contributed by atoms with van der Waals surface area (Å²) in [6, 6.07) is 17.4. The molecule has 4 N–H and O–H groups in total. The van der Waals surface area contributed by atoms with Crippen LogP contribution in [0.3, 0.4) is 0 Å². The van der Waals surface area contributed by atoms with Crippen molar-refractivity contribution in [1.29, 1.82) is 0 Å². The van der Waals surface area contributed by atoms with Crippen LogP contribution in [0.15, 0.2) is 64.4 Å². The van der Waals surface area contributed by atoms with Crippen molar-refractivity contribution in [1.82, 2.24) is 4.37 Å². The van der Waals surface area contributed by atoms with Crippen LogP contribution in [0.25, 0.3) is 0 Å². The predicted molar refractivity (Wildman–Crippen MR) is 114 cm³/mol. The van der Waals surface area contributed by atoms with E-state index in [1.165, 1.54) is 24.4 Å². The number of anilines is 2. The smallest absolute Gasteiger partial charge is 0.271 e. The molecule has 7 heteroatoms. The van der Waals surface area contributed by atoms with Gasteiger partial charge in [-0.1, -0.05) is 31.0 Å². The van der Waals surface area contributed by atoms with Crippen LogP contribution in [0.5, 0.6) is 11.5 Å². The Morgan fingerprint density at radius 2 is 1.75 bits per heavy atom. The summed E-state index contributed by atoms with van der Waals surface area (Å²) < 4.78 is 8.55. The van der Waals surface area contributed by atoms with Crippen molar-refractivity contribution >= 4 is 28.1 Å². The molecule has 0 amide bonds. The fourth-order valence-electron chi connectivity index (χ4n) is 3.28. The summed E-state index contributed by atoms with van der Waals surface area (Å²) in [4.78, 5) is 16.8. The molecule has 3 aromatic rings. The Kier molecular flexibility index (Phi) is 5.43. The van der Waals surface area contributed by atoms with Crippen LogP contribution in [0.2, 0.25) is 0 Å². The Morgan fingerprint density at radius 3 is 2.46 bits per heavy atom. The number of aromatic nitrogens is 1. The van der Waals surface area contributed by atoms with E-state index in [-0.39, 0.29) is 11.6 Å². The number of amidine groups is 1. The van der Waals surface area contributed by atoms with E-state index in [0.717, 1.165) is 30.0 Å². The van der Waals surface area contributed by atoms with Crippen LogP contribution in [0.1, 0.15) is 31.2 Å². The second-order valence-electron chi connectivity index (χ2n) is 6.75. The maximum absolute atomic E-state index is 12.2. The lowest BCUT2D eigenvalue weighted by Gasteiger charge is -2.09. The van der Waals surface area contributed by atoms with E-state index >= 15 is 0 Å². The zero-order chi connectivity index (χ0) is 19.3. The number of nitrogens with one attached hydrogen (secondary N) is 2. The maximum atomic E-state index is 12.2. The lowest BCUT2D eigenvalue weighted by atomic mass is 10.2. The summed E-state index contributed by atoms with van der Waals surface area (Å²) in [5.74, 6) is 1.83. The molecule has 0 aliphatic heterocycles. The molecule has 0 saturated heterocycles.